The normalized spacial score (nSPS) is 10.5. The molecule has 1 aromatic rings. The first kappa shape index (κ1) is 16.7. The van der Waals surface area contributed by atoms with Crippen LogP contribution in [0.4, 0.5) is 0 Å². The van der Waals surface area contributed by atoms with Crippen molar-refractivity contribution < 1.29 is 9.53 Å². The van der Waals surface area contributed by atoms with Crippen molar-refractivity contribution in [2.24, 2.45) is 0 Å². The number of benzene rings is 1. The predicted molar refractivity (Wildman–Crippen MR) is 81.5 cm³/mol. The zero-order chi connectivity index (χ0) is 14.6. The Hall–Kier alpha value is -1.39. The maximum atomic E-state index is 11.3. The summed E-state index contributed by atoms with van der Waals surface area (Å²) in [6.45, 7) is 3.26. The number of hydrogen-bond donors (Lipinski definition) is 1. The van der Waals surface area contributed by atoms with Crippen LogP contribution in [0.25, 0.3) is 0 Å². The lowest BCUT2D eigenvalue weighted by Crippen LogP contribution is -2.21. The van der Waals surface area contributed by atoms with Crippen molar-refractivity contribution in [1.82, 2.24) is 10.2 Å². The zero-order valence-corrected chi connectivity index (χ0v) is 12.6. The Bertz CT molecular complexity index is 366. The molecule has 0 aliphatic rings. The molecule has 0 fully saturated rings. The van der Waals surface area contributed by atoms with Crippen LogP contribution in [-0.4, -0.2) is 44.7 Å². The molecule has 0 aliphatic carbocycles. The summed E-state index contributed by atoms with van der Waals surface area (Å²) in [6, 6.07) is 10.4. The molecule has 1 N–H and O–H groups in total. The lowest BCUT2D eigenvalue weighted by molar-refractivity contribution is -0.129. The van der Waals surface area contributed by atoms with E-state index in [1.54, 1.807) is 19.0 Å². The summed E-state index contributed by atoms with van der Waals surface area (Å²) in [6.07, 6.45) is 2.36. The molecule has 0 atom stereocenters. The van der Waals surface area contributed by atoms with Gasteiger partial charge in [-0.1, -0.05) is 30.3 Å². The van der Waals surface area contributed by atoms with E-state index in [1.165, 1.54) is 5.56 Å². The SMILES string of the molecule is CN(C)C(=O)CCCOCCCNCc1ccccc1. The van der Waals surface area contributed by atoms with Crippen LogP contribution in [0.2, 0.25) is 0 Å². The highest BCUT2D eigenvalue weighted by Gasteiger charge is 2.02. The van der Waals surface area contributed by atoms with E-state index in [-0.39, 0.29) is 5.91 Å². The number of ether oxygens (including phenoxy) is 1. The number of carbonyl (C=O) groups excluding carboxylic acids is 1. The molecule has 0 aromatic heterocycles. The first-order chi connectivity index (χ1) is 9.70. The van der Waals surface area contributed by atoms with E-state index < -0.39 is 0 Å². The Kier molecular flexibility index (Phi) is 8.67. The minimum atomic E-state index is 0.165. The molecule has 0 saturated carbocycles. The van der Waals surface area contributed by atoms with Gasteiger partial charge >= 0.3 is 0 Å². The number of hydrogen-bond acceptors (Lipinski definition) is 3. The van der Waals surface area contributed by atoms with Gasteiger partial charge in [-0.2, -0.15) is 0 Å². The third kappa shape index (κ3) is 7.92. The fourth-order valence-corrected chi connectivity index (χ4v) is 1.78. The Balaban J connectivity index is 1.87. The Morgan fingerprint density at radius 3 is 2.55 bits per heavy atom. The van der Waals surface area contributed by atoms with Gasteiger partial charge in [-0.05, 0) is 24.9 Å². The van der Waals surface area contributed by atoms with Crippen molar-refractivity contribution in [2.75, 3.05) is 33.9 Å². The minimum Gasteiger partial charge on any atom is -0.381 e. The van der Waals surface area contributed by atoms with Gasteiger partial charge < -0.3 is 15.0 Å². The second-order valence-corrected chi connectivity index (χ2v) is 5.02. The molecular weight excluding hydrogens is 252 g/mol. The van der Waals surface area contributed by atoms with Crippen molar-refractivity contribution in [3.63, 3.8) is 0 Å². The lowest BCUT2D eigenvalue weighted by atomic mass is 10.2. The Morgan fingerprint density at radius 1 is 1.15 bits per heavy atom. The molecule has 0 saturated heterocycles. The largest absolute Gasteiger partial charge is 0.381 e. The van der Waals surface area contributed by atoms with Gasteiger partial charge in [-0.3, -0.25) is 4.79 Å². The molecule has 1 aromatic carbocycles. The quantitative estimate of drug-likeness (QED) is 0.666. The molecule has 0 spiro atoms. The smallest absolute Gasteiger partial charge is 0.222 e. The van der Waals surface area contributed by atoms with Gasteiger partial charge in [-0.25, -0.2) is 0 Å². The Morgan fingerprint density at radius 2 is 1.85 bits per heavy atom. The van der Waals surface area contributed by atoms with E-state index in [0.29, 0.717) is 13.0 Å². The van der Waals surface area contributed by atoms with E-state index in [2.05, 4.69) is 29.6 Å². The van der Waals surface area contributed by atoms with Crippen LogP contribution in [0.15, 0.2) is 30.3 Å². The molecule has 4 nitrogen and oxygen atoms in total. The molecule has 0 heterocycles. The van der Waals surface area contributed by atoms with E-state index in [9.17, 15) is 4.79 Å². The van der Waals surface area contributed by atoms with Crippen LogP contribution in [0.1, 0.15) is 24.8 Å². The summed E-state index contributed by atoms with van der Waals surface area (Å²) < 4.78 is 5.51. The van der Waals surface area contributed by atoms with Gasteiger partial charge in [0.25, 0.3) is 0 Å². The third-order valence-electron chi connectivity index (χ3n) is 2.99. The molecule has 1 amide bonds. The summed E-state index contributed by atoms with van der Waals surface area (Å²) in [5.41, 5.74) is 1.30. The number of carbonyl (C=O) groups is 1. The molecule has 4 heteroatoms. The average Bonchev–Trinajstić information content (AvgIpc) is 2.46. The summed E-state index contributed by atoms with van der Waals surface area (Å²) in [4.78, 5) is 12.9. The number of nitrogens with one attached hydrogen (secondary N) is 1. The monoisotopic (exact) mass is 278 g/mol. The van der Waals surface area contributed by atoms with Gasteiger partial charge in [0.2, 0.25) is 5.91 Å². The maximum Gasteiger partial charge on any atom is 0.222 e. The summed E-state index contributed by atoms with van der Waals surface area (Å²) >= 11 is 0. The summed E-state index contributed by atoms with van der Waals surface area (Å²) in [5, 5.41) is 3.38. The topological polar surface area (TPSA) is 41.6 Å². The zero-order valence-electron chi connectivity index (χ0n) is 12.6. The summed E-state index contributed by atoms with van der Waals surface area (Å²) in [7, 11) is 3.56. The van der Waals surface area contributed by atoms with Gasteiger partial charge in [0.05, 0.1) is 0 Å². The highest BCUT2D eigenvalue weighted by Crippen LogP contribution is 1.97. The van der Waals surface area contributed by atoms with Crippen molar-refractivity contribution >= 4 is 5.91 Å². The first-order valence-electron chi connectivity index (χ1n) is 7.22. The molecule has 0 unspecified atom stereocenters. The fraction of sp³-hybridized carbons (Fsp3) is 0.562. The van der Waals surface area contributed by atoms with Crippen LogP contribution in [-0.2, 0) is 16.1 Å². The third-order valence-corrected chi connectivity index (χ3v) is 2.99. The van der Waals surface area contributed by atoms with Crippen LogP contribution in [0, 0.1) is 0 Å². The minimum absolute atomic E-state index is 0.165. The fourth-order valence-electron chi connectivity index (χ4n) is 1.78. The highest BCUT2D eigenvalue weighted by atomic mass is 16.5. The van der Waals surface area contributed by atoms with Crippen molar-refractivity contribution in [3.8, 4) is 0 Å². The first-order valence-corrected chi connectivity index (χ1v) is 7.22. The van der Waals surface area contributed by atoms with Crippen molar-refractivity contribution in [3.05, 3.63) is 35.9 Å². The molecule has 112 valence electrons. The van der Waals surface area contributed by atoms with Gasteiger partial charge in [-0.15, -0.1) is 0 Å². The summed E-state index contributed by atoms with van der Waals surface area (Å²) in [5.74, 6) is 0.165. The molecule has 20 heavy (non-hydrogen) atoms. The van der Waals surface area contributed by atoms with E-state index in [0.717, 1.165) is 32.5 Å². The molecule has 0 bridgehead atoms. The second-order valence-electron chi connectivity index (χ2n) is 5.02. The molecule has 0 radical (unpaired) electrons. The van der Waals surface area contributed by atoms with E-state index in [4.69, 9.17) is 4.74 Å². The maximum absolute atomic E-state index is 11.3. The van der Waals surface area contributed by atoms with Crippen molar-refractivity contribution in [2.45, 2.75) is 25.8 Å². The van der Waals surface area contributed by atoms with E-state index >= 15 is 0 Å². The van der Waals surface area contributed by atoms with Gasteiger partial charge in [0.15, 0.2) is 0 Å². The Labute approximate surface area is 122 Å². The highest BCUT2D eigenvalue weighted by molar-refractivity contribution is 5.75. The number of nitrogens with zero attached hydrogens (tertiary/aromatic N) is 1. The molecular formula is C16H26N2O2. The lowest BCUT2D eigenvalue weighted by Gasteiger charge is -2.10. The van der Waals surface area contributed by atoms with Crippen LogP contribution >= 0.6 is 0 Å². The van der Waals surface area contributed by atoms with Crippen LogP contribution in [0.5, 0.6) is 0 Å². The van der Waals surface area contributed by atoms with Crippen molar-refractivity contribution in [1.29, 1.82) is 0 Å². The van der Waals surface area contributed by atoms with Gasteiger partial charge in [0.1, 0.15) is 0 Å². The molecule has 0 aliphatic heterocycles. The number of amides is 1. The van der Waals surface area contributed by atoms with Crippen LogP contribution < -0.4 is 5.32 Å². The number of rotatable bonds is 10. The second kappa shape index (κ2) is 10.4. The molecule has 1 rings (SSSR count). The average molecular weight is 278 g/mol. The van der Waals surface area contributed by atoms with Crippen LogP contribution in [0.3, 0.4) is 0 Å². The van der Waals surface area contributed by atoms with Gasteiger partial charge in [0, 0.05) is 40.3 Å². The predicted octanol–water partition coefficient (Wildman–Crippen LogP) is 2.05. The standard InChI is InChI=1S/C16H26N2O2/c1-18(2)16(19)10-6-12-20-13-7-11-17-14-15-8-4-3-5-9-15/h3-5,8-9,17H,6-7,10-14H2,1-2H3. The van der Waals surface area contributed by atoms with E-state index in [1.807, 2.05) is 6.07 Å².